The van der Waals surface area contributed by atoms with Crippen molar-refractivity contribution >= 4 is 70.0 Å². The summed E-state index contributed by atoms with van der Waals surface area (Å²) in [5.41, 5.74) is 29.4. The fourth-order valence-electron chi connectivity index (χ4n) is 5.55. The van der Waals surface area contributed by atoms with E-state index in [1.54, 1.807) is 0 Å². The van der Waals surface area contributed by atoms with Crippen LogP contribution >= 0.6 is 0 Å². The second kappa shape index (κ2) is 20.6. The number of hydrogen-bond donors (Lipinski definition) is 0. The van der Waals surface area contributed by atoms with Crippen LogP contribution in [0.3, 0.4) is 0 Å². The third-order valence-electron chi connectivity index (χ3n) is 8.32. The highest BCUT2D eigenvalue weighted by Crippen LogP contribution is 2.29. The minimum absolute atomic E-state index is 0.991. The van der Waals surface area contributed by atoms with Crippen LogP contribution in [0.5, 0.6) is 0 Å². The molecule has 0 aliphatic rings. The molecule has 6 heteroatoms. The molecule has 0 nitrogen and oxygen atoms in total. The van der Waals surface area contributed by atoms with Crippen molar-refractivity contribution in [3.63, 3.8) is 0 Å². The molecule has 0 saturated heterocycles. The number of fused-ring (bicyclic) bond motifs is 2. The first kappa shape index (κ1) is 51.5. The molecule has 0 fully saturated rings. The van der Waals surface area contributed by atoms with Gasteiger partial charge in [-0.2, -0.15) is 0 Å². The summed E-state index contributed by atoms with van der Waals surface area (Å²) < 4.78 is 0. The minimum Gasteiger partial charge on any atom is -0.127 e. The Morgan fingerprint density at radius 2 is 0.419 bits per heavy atom. The van der Waals surface area contributed by atoms with Crippen LogP contribution in [0.1, 0.15) is 58.4 Å². The van der Waals surface area contributed by atoms with Crippen molar-refractivity contribution in [1.82, 2.24) is 0 Å². The molecule has 4 aromatic rings. The zero-order valence-corrected chi connectivity index (χ0v) is 47.6. The largest absolute Gasteiger partial charge is 0.129 e. The van der Waals surface area contributed by atoms with Gasteiger partial charge in [0.05, 0.1) is 0 Å². The van der Waals surface area contributed by atoms with Crippen molar-refractivity contribution in [2.45, 2.75) is 132 Å². The van der Waals surface area contributed by atoms with E-state index in [2.05, 4.69) is 259 Å². The fraction of sp³-hybridized carbons (Fsp3) is 0.357. The summed E-state index contributed by atoms with van der Waals surface area (Å²) in [7, 11) is -9.09. The molecule has 0 spiro atoms. The van der Waals surface area contributed by atoms with Gasteiger partial charge in [0, 0.05) is 44.5 Å². The molecule has 0 heterocycles. The highest BCUT2D eigenvalue weighted by molar-refractivity contribution is 6.85. The van der Waals surface area contributed by atoms with E-state index in [0.717, 1.165) is 66.1 Å². The Morgan fingerprint density at radius 3 is 0.597 bits per heavy atom. The molecule has 0 N–H and O–H groups in total. The third-order valence-corrected chi connectivity index (χ3v) is 13.6. The normalized spacial score (nSPS) is 11.2. The van der Waals surface area contributed by atoms with E-state index in [9.17, 15) is 0 Å². The van der Waals surface area contributed by atoms with Crippen molar-refractivity contribution in [2.75, 3.05) is 0 Å². The molecule has 0 aliphatic carbocycles. The van der Waals surface area contributed by atoms with E-state index < -0.39 is 48.4 Å². The average Bonchev–Trinajstić information content (AvgIpc) is 3.11. The molecule has 0 unspecified atom stereocenters. The predicted molar refractivity (Wildman–Crippen MR) is 294 cm³/mol. The van der Waals surface area contributed by atoms with Crippen LogP contribution in [-0.2, 0) is 0 Å². The molecule has 4 rings (SSSR count). The van der Waals surface area contributed by atoms with Crippen LogP contribution in [0.25, 0.3) is 21.5 Å². The summed E-state index contributed by atoms with van der Waals surface area (Å²) in [5.74, 6) is 33.6. The minimum atomic E-state index is -1.53. The maximum Gasteiger partial charge on any atom is 0.129 e. The molecule has 62 heavy (non-hydrogen) atoms. The van der Waals surface area contributed by atoms with Crippen molar-refractivity contribution in [3.05, 3.63) is 93.0 Å². The first-order chi connectivity index (χ1) is 28.4. The fourth-order valence-corrected chi connectivity index (χ4v) is 8.57. The van der Waals surface area contributed by atoms with Crippen molar-refractivity contribution in [1.29, 1.82) is 0 Å². The second-order valence-electron chi connectivity index (χ2n) is 21.9. The second-order valence-corrected chi connectivity index (χ2v) is 50.4. The molecular weight excluding hydrogens is 841 g/mol. The Balaban J connectivity index is 0.000000330. The van der Waals surface area contributed by atoms with Crippen LogP contribution < -0.4 is 0 Å². The van der Waals surface area contributed by atoms with Crippen LogP contribution in [0.2, 0.25) is 118 Å². The summed E-state index contributed by atoms with van der Waals surface area (Å²) in [4.78, 5) is 0. The third kappa shape index (κ3) is 17.2. The average molecular weight is 910 g/mol. The lowest BCUT2D eigenvalue weighted by molar-refractivity contribution is 1.59. The summed E-state index contributed by atoms with van der Waals surface area (Å²) in [5, 5.41) is 4.53. The molecule has 0 atom stereocenters. The Bertz CT molecular complexity index is 2690. The molecular formula is C56H68Si6. The zero-order valence-electron chi connectivity index (χ0n) is 41.6. The molecule has 0 amide bonds. The molecule has 0 bridgehead atoms. The Kier molecular flexibility index (Phi) is 17.1. The SMILES string of the molecule is CC#Cc1ccc2c(C#C[Si](C)(C)C)c(C#C[Si](C)(C)C)ccc2c1C#C[Si](C)(C)C.CC#Cc1ccc2c(C#C[Si](C)(C)C)c(C#C[Si](C)(C)C)ccc2c1C#C[Si](C)(C)C. The Hall–Kier alpha value is -4.82. The first-order valence-corrected chi connectivity index (χ1v) is 42.6. The zero-order chi connectivity index (χ0) is 46.9. The number of benzene rings is 4. The van der Waals surface area contributed by atoms with Gasteiger partial charge in [0.2, 0.25) is 0 Å². The summed E-state index contributed by atoms with van der Waals surface area (Å²) in [6, 6.07) is 17.1. The van der Waals surface area contributed by atoms with Gasteiger partial charge < -0.3 is 0 Å². The van der Waals surface area contributed by atoms with Gasteiger partial charge in [-0.3, -0.25) is 0 Å². The molecule has 0 radical (unpaired) electrons. The molecule has 0 aromatic heterocycles. The van der Waals surface area contributed by atoms with Crippen molar-refractivity contribution < 1.29 is 0 Å². The topological polar surface area (TPSA) is 0 Å². The van der Waals surface area contributed by atoms with Crippen LogP contribution in [0.4, 0.5) is 0 Å². The Morgan fingerprint density at radius 1 is 0.242 bits per heavy atom. The van der Waals surface area contributed by atoms with Crippen molar-refractivity contribution in [3.8, 4) is 92.5 Å². The van der Waals surface area contributed by atoms with Gasteiger partial charge >= 0.3 is 0 Å². The smallest absolute Gasteiger partial charge is 0.127 e. The lowest BCUT2D eigenvalue weighted by Crippen LogP contribution is -2.17. The Labute approximate surface area is 384 Å². The highest BCUT2D eigenvalue weighted by atomic mass is 28.3. The van der Waals surface area contributed by atoms with E-state index in [1.807, 2.05) is 13.8 Å². The predicted octanol–water partition coefficient (Wildman–Crippen LogP) is 13.8. The summed E-state index contributed by atoms with van der Waals surface area (Å²) in [6.45, 7) is 44.7. The van der Waals surface area contributed by atoms with Crippen LogP contribution in [-0.4, -0.2) is 48.4 Å². The quantitative estimate of drug-likeness (QED) is 0.122. The molecule has 0 saturated carbocycles. The van der Waals surface area contributed by atoms with Crippen LogP contribution in [0.15, 0.2) is 48.5 Å². The first-order valence-electron chi connectivity index (χ1n) is 21.6. The van der Waals surface area contributed by atoms with Crippen molar-refractivity contribution in [2.24, 2.45) is 0 Å². The monoisotopic (exact) mass is 908 g/mol. The van der Waals surface area contributed by atoms with Gasteiger partial charge in [0.1, 0.15) is 48.4 Å². The van der Waals surface area contributed by atoms with Gasteiger partial charge in [-0.1, -0.05) is 189 Å². The van der Waals surface area contributed by atoms with E-state index in [1.165, 1.54) is 0 Å². The van der Waals surface area contributed by atoms with E-state index in [-0.39, 0.29) is 0 Å². The van der Waals surface area contributed by atoms with Gasteiger partial charge in [0.25, 0.3) is 0 Å². The standard InChI is InChI=1S/2C28H34Si3/c2*1-11-12-23-13-15-28-26(19-22-31(8,9)10)24(17-20-29(2,3)4)14-16-27(28)25(23)18-21-30(5,6)7/h2*13-16H,1-10H3. The lowest BCUT2D eigenvalue weighted by atomic mass is 9.94. The maximum atomic E-state index is 3.56. The van der Waals surface area contributed by atoms with E-state index in [0.29, 0.717) is 0 Å². The van der Waals surface area contributed by atoms with Gasteiger partial charge in [-0.25, -0.2) is 0 Å². The molecule has 316 valence electrons. The number of rotatable bonds is 0. The molecule has 0 aliphatic heterocycles. The van der Waals surface area contributed by atoms with E-state index >= 15 is 0 Å². The highest BCUT2D eigenvalue weighted by Gasteiger charge is 2.17. The lowest BCUT2D eigenvalue weighted by Gasteiger charge is -2.11. The van der Waals surface area contributed by atoms with E-state index in [4.69, 9.17) is 0 Å². The summed E-state index contributed by atoms with van der Waals surface area (Å²) >= 11 is 0. The van der Waals surface area contributed by atoms with Gasteiger partial charge in [0.15, 0.2) is 0 Å². The van der Waals surface area contributed by atoms with Crippen LogP contribution in [0, 0.1) is 92.5 Å². The maximum absolute atomic E-state index is 3.56. The molecule has 4 aromatic carbocycles. The van der Waals surface area contributed by atoms with Gasteiger partial charge in [-0.15, -0.1) is 45.1 Å². The summed E-state index contributed by atoms with van der Waals surface area (Å²) in [6.07, 6.45) is 0. The van der Waals surface area contributed by atoms with Gasteiger partial charge in [-0.05, 0) is 59.7 Å². The number of hydrogen-bond acceptors (Lipinski definition) is 0.